The lowest BCUT2D eigenvalue weighted by atomic mass is 9.96. The van der Waals surface area contributed by atoms with Crippen molar-refractivity contribution in [2.24, 2.45) is 5.10 Å². The van der Waals surface area contributed by atoms with E-state index in [0.717, 1.165) is 29.7 Å². The lowest BCUT2D eigenvalue weighted by Gasteiger charge is -2.23. The molecule has 0 radical (unpaired) electrons. The fourth-order valence-corrected chi connectivity index (χ4v) is 4.00. The van der Waals surface area contributed by atoms with Crippen LogP contribution in [0.2, 0.25) is 0 Å². The van der Waals surface area contributed by atoms with E-state index in [1.165, 1.54) is 31.4 Å². The highest BCUT2D eigenvalue weighted by molar-refractivity contribution is 7.80. The highest BCUT2D eigenvalue weighted by atomic mass is 32.1. The summed E-state index contributed by atoms with van der Waals surface area (Å²) in [5.41, 5.74) is 6.01. The summed E-state index contributed by atoms with van der Waals surface area (Å²) >= 11 is 5.38. The van der Waals surface area contributed by atoms with E-state index in [1.54, 1.807) is 23.0 Å². The minimum atomic E-state index is -0.418. The van der Waals surface area contributed by atoms with E-state index >= 15 is 0 Å². The van der Waals surface area contributed by atoms with Crippen molar-refractivity contribution in [3.8, 4) is 16.9 Å². The van der Waals surface area contributed by atoms with Crippen molar-refractivity contribution >= 4 is 29.2 Å². The second-order valence-electron chi connectivity index (χ2n) is 7.70. The van der Waals surface area contributed by atoms with Gasteiger partial charge in [0.25, 0.3) is 5.69 Å². The largest absolute Gasteiger partial charge is 0.359 e. The molecular weight excluding hydrogens is 424 g/mol. The Morgan fingerprint density at radius 1 is 1.12 bits per heavy atom. The minimum absolute atomic E-state index is 0.0345. The number of aromatic nitrogens is 2. The highest BCUT2D eigenvalue weighted by Gasteiger charge is 2.15. The number of thiocarbonyl (C=S) groups is 1. The number of nitro groups is 1. The number of benzene rings is 2. The van der Waals surface area contributed by atoms with E-state index in [9.17, 15) is 10.1 Å². The standard InChI is InChI=1S/C23H24N6O2S/c30-29(31)21-13-11-17(12-14-21)22-18(16-28(27-22)20-9-5-2-6-10-20)15-24-26-23(32)25-19-7-3-1-4-8-19/h2,5-6,9-16,19H,1,3-4,7-8H2,(H2,25,26,32). The maximum Gasteiger partial charge on any atom is 0.269 e. The summed E-state index contributed by atoms with van der Waals surface area (Å²) in [6.45, 7) is 0. The van der Waals surface area contributed by atoms with E-state index in [1.807, 2.05) is 36.5 Å². The number of non-ortho nitro benzene ring substituents is 1. The first-order valence-electron chi connectivity index (χ1n) is 10.6. The smallest absolute Gasteiger partial charge is 0.269 e. The average Bonchev–Trinajstić information content (AvgIpc) is 3.24. The topological polar surface area (TPSA) is 97.4 Å². The quantitative estimate of drug-likeness (QED) is 0.248. The minimum Gasteiger partial charge on any atom is -0.359 e. The predicted molar refractivity (Wildman–Crippen MR) is 129 cm³/mol. The number of hydrazone groups is 1. The SMILES string of the molecule is O=[N+]([O-])c1ccc(-c2nn(-c3ccccc3)cc2C=NNC(=S)NC2CCCCC2)cc1. The molecule has 0 spiro atoms. The molecule has 0 bridgehead atoms. The molecule has 2 aromatic carbocycles. The van der Waals surface area contributed by atoms with Gasteiger partial charge in [0, 0.05) is 35.5 Å². The summed E-state index contributed by atoms with van der Waals surface area (Å²) in [7, 11) is 0. The van der Waals surface area contributed by atoms with Crippen LogP contribution in [-0.2, 0) is 0 Å². The van der Waals surface area contributed by atoms with Crippen LogP contribution in [-0.4, -0.2) is 32.1 Å². The van der Waals surface area contributed by atoms with Crippen LogP contribution in [0, 0.1) is 10.1 Å². The summed E-state index contributed by atoms with van der Waals surface area (Å²) in [6, 6.07) is 16.4. The van der Waals surface area contributed by atoms with Gasteiger partial charge in [0.2, 0.25) is 0 Å². The number of nitro benzene ring substituents is 1. The van der Waals surface area contributed by atoms with Crippen LogP contribution in [0.3, 0.4) is 0 Å². The van der Waals surface area contributed by atoms with Crippen molar-refractivity contribution in [1.82, 2.24) is 20.5 Å². The van der Waals surface area contributed by atoms with Crippen molar-refractivity contribution in [3.05, 3.63) is 76.5 Å². The summed E-state index contributed by atoms with van der Waals surface area (Å²) in [6.07, 6.45) is 9.52. The first kappa shape index (κ1) is 21.6. The molecular formula is C23H24N6O2S. The van der Waals surface area contributed by atoms with E-state index in [4.69, 9.17) is 17.3 Å². The first-order valence-corrected chi connectivity index (χ1v) is 11.0. The molecule has 32 heavy (non-hydrogen) atoms. The molecule has 9 heteroatoms. The normalized spacial score (nSPS) is 14.4. The Kier molecular flexibility index (Phi) is 6.86. The molecule has 8 nitrogen and oxygen atoms in total. The molecule has 2 N–H and O–H groups in total. The van der Waals surface area contributed by atoms with Gasteiger partial charge < -0.3 is 5.32 Å². The van der Waals surface area contributed by atoms with Gasteiger partial charge in [0.1, 0.15) is 5.69 Å². The molecule has 0 aliphatic heterocycles. The number of rotatable bonds is 6. The van der Waals surface area contributed by atoms with Gasteiger partial charge in [0.05, 0.1) is 16.8 Å². The van der Waals surface area contributed by atoms with Gasteiger partial charge in [-0.15, -0.1) is 0 Å². The molecule has 1 aromatic heterocycles. The number of para-hydroxylation sites is 1. The number of nitrogens with one attached hydrogen (secondary N) is 2. The Balaban J connectivity index is 1.55. The Labute approximate surface area is 191 Å². The van der Waals surface area contributed by atoms with Gasteiger partial charge in [-0.05, 0) is 49.3 Å². The van der Waals surface area contributed by atoms with Gasteiger partial charge >= 0.3 is 0 Å². The maximum absolute atomic E-state index is 11.0. The third-order valence-electron chi connectivity index (χ3n) is 5.42. The second kappa shape index (κ2) is 10.1. The number of hydrogen-bond donors (Lipinski definition) is 2. The molecule has 0 atom stereocenters. The van der Waals surface area contributed by atoms with E-state index < -0.39 is 4.92 Å². The Bertz CT molecular complexity index is 1110. The zero-order valence-corrected chi connectivity index (χ0v) is 18.3. The van der Waals surface area contributed by atoms with E-state index in [-0.39, 0.29) is 5.69 Å². The van der Waals surface area contributed by atoms with Crippen LogP contribution in [0.4, 0.5) is 5.69 Å². The zero-order valence-electron chi connectivity index (χ0n) is 17.5. The summed E-state index contributed by atoms with van der Waals surface area (Å²) < 4.78 is 1.76. The molecule has 3 aromatic rings. The monoisotopic (exact) mass is 448 g/mol. The van der Waals surface area contributed by atoms with Crippen LogP contribution in [0.1, 0.15) is 37.7 Å². The lowest BCUT2D eigenvalue weighted by molar-refractivity contribution is -0.384. The fourth-order valence-electron chi connectivity index (χ4n) is 3.79. The van der Waals surface area contributed by atoms with E-state index in [0.29, 0.717) is 16.8 Å². The summed E-state index contributed by atoms with van der Waals surface area (Å²) in [4.78, 5) is 10.6. The predicted octanol–water partition coefficient (Wildman–Crippen LogP) is 4.58. The number of nitrogens with zero attached hydrogens (tertiary/aromatic N) is 4. The molecule has 1 heterocycles. The van der Waals surface area contributed by atoms with Crippen LogP contribution in [0.15, 0.2) is 65.9 Å². The van der Waals surface area contributed by atoms with Crippen molar-refractivity contribution in [2.45, 2.75) is 38.1 Å². The van der Waals surface area contributed by atoms with Crippen LogP contribution in [0.5, 0.6) is 0 Å². The first-order chi connectivity index (χ1) is 15.6. The third kappa shape index (κ3) is 5.36. The fraction of sp³-hybridized carbons (Fsp3) is 0.261. The molecule has 0 amide bonds. The van der Waals surface area contributed by atoms with Crippen LogP contribution >= 0.6 is 12.2 Å². The second-order valence-corrected chi connectivity index (χ2v) is 8.10. The Morgan fingerprint density at radius 2 is 1.84 bits per heavy atom. The molecule has 164 valence electrons. The van der Waals surface area contributed by atoms with Crippen LogP contribution in [0.25, 0.3) is 16.9 Å². The van der Waals surface area contributed by atoms with Crippen molar-refractivity contribution < 1.29 is 4.92 Å². The zero-order chi connectivity index (χ0) is 22.3. The average molecular weight is 449 g/mol. The molecule has 4 rings (SSSR count). The van der Waals surface area contributed by atoms with Crippen molar-refractivity contribution in [3.63, 3.8) is 0 Å². The Hall–Kier alpha value is -3.59. The van der Waals surface area contributed by atoms with Crippen LogP contribution < -0.4 is 10.7 Å². The van der Waals surface area contributed by atoms with Gasteiger partial charge in [-0.25, -0.2) is 4.68 Å². The van der Waals surface area contributed by atoms with Gasteiger partial charge in [-0.2, -0.15) is 10.2 Å². The lowest BCUT2D eigenvalue weighted by Crippen LogP contribution is -2.40. The molecule has 1 saturated carbocycles. The molecule has 0 saturated heterocycles. The van der Waals surface area contributed by atoms with Crippen molar-refractivity contribution in [1.29, 1.82) is 0 Å². The molecule has 1 fully saturated rings. The number of hydrogen-bond acceptors (Lipinski definition) is 5. The Morgan fingerprint density at radius 3 is 2.53 bits per heavy atom. The summed E-state index contributed by atoms with van der Waals surface area (Å²) in [5.74, 6) is 0. The van der Waals surface area contributed by atoms with Crippen molar-refractivity contribution in [2.75, 3.05) is 0 Å². The van der Waals surface area contributed by atoms with Gasteiger partial charge in [-0.1, -0.05) is 37.5 Å². The highest BCUT2D eigenvalue weighted by Crippen LogP contribution is 2.25. The van der Waals surface area contributed by atoms with Gasteiger partial charge in [-0.3, -0.25) is 15.5 Å². The van der Waals surface area contributed by atoms with Gasteiger partial charge in [0.15, 0.2) is 5.11 Å². The summed E-state index contributed by atoms with van der Waals surface area (Å²) in [5, 5.41) is 23.8. The van der Waals surface area contributed by atoms with E-state index in [2.05, 4.69) is 15.8 Å². The molecule has 1 aliphatic rings. The third-order valence-corrected chi connectivity index (χ3v) is 5.63. The maximum atomic E-state index is 11.0. The molecule has 1 aliphatic carbocycles. The molecule has 0 unspecified atom stereocenters.